The molecule has 5 aliphatic rings. The van der Waals surface area contributed by atoms with Crippen LogP contribution < -0.4 is 15.2 Å². The summed E-state index contributed by atoms with van der Waals surface area (Å²) in [6.45, 7) is 3.72. The summed E-state index contributed by atoms with van der Waals surface area (Å²) < 4.78 is 35.1. The maximum atomic E-state index is 16.2. The number of thioether (sulfide) groups is 1. The Morgan fingerprint density at radius 2 is 1.95 bits per heavy atom. The van der Waals surface area contributed by atoms with E-state index in [0.717, 1.165) is 35.3 Å². The fourth-order valence-electron chi connectivity index (χ4n) is 8.04. The van der Waals surface area contributed by atoms with Crippen LogP contribution in [0.5, 0.6) is 5.75 Å². The van der Waals surface area contributed by atoms with Crippen molar-refractivity contribution in [2.24, 2.45) is 5.92 Å². The summed E-state index contributed by atoms with van der Waals surface area (Å²) in [6, 6.07) is 13.7. The van der Waals surface area contributed by atoms with Gasteiger partial charge in [0.05, 0.1) is 17.8 Å². The van der Waals surface area contributed by atoms with Gasteiger partial charge in [0, 0.05) is 40.9 Å². The number of pyridine rings is 1. The minimum atomic E-state index is -1.07. The molecule has 8 rings (SSSR count). The van der Waals surface area contributed by atoms with Crippen molar-refractivity contribution < 1.29 is 28.2 Å². The Kier molecular flexibility index (Phi) is 6.36. The summed E-state index contributed by atoms with van der Waals surface area (Å²) in [4.78, 5) is 43.2. The van der Waals surface area contributed by atoms with Crippen molar-refractivity contribution in [1.29, 1.82) is 0 Å². The number of hydrogen-bond donors (Lipinski definition) is 0. The first-order valence-electron chi connectivity index (χ1n) is 15.2. The number of piperidine rings is 1. The standard InChI is InChI=1S/C33H32FN3O6S/c1-18(2)41-32(40)42-29-24(38)11-14-36-28(29)31(39)35-15-13-33-12-10-20(43-33)16-22(33)30(35)37(36)27-21-7-3-4-9-25(21)44-17-19-6-5-8-23(34)26(19)27/h3-9,11,14,18,20,22,27,30H,10,12-13,15-17H2,1-2H3/t20-,22+,27+,30+,33-/m0/s1. The first-order valence-corrected chi connectivity index (χ1v) is 16.1. The van der Waals surface area contributed by atoms with Gasteiger partial charge in [-0.05, 0) is 62.8 Å². The predicted octanol–water partition coefficient (Wildman–Crippen LogP) is 5.37. The molecule has 1 spiro atoms. The van der Waals surface area contributed by atoms with E-state index in [1.54, 1.807) is 47.4 Å². The largest absolute Gasteiger partial charge is 0.514 e. The van der Waals surface area contributed by atoms with Crippen molar-refractivity contribution >= 4 is 23.8 Å². The SMILES string of the molecule is CC(C)OC(=O)Oc1c2n(ccc1=O)N([C@@H]1c3ccccc3SCc3cccc(F)c31)[C@@H]1[C@H]3C[C@@H]4CC[C@@]3(CCN1C2=O)O4. The number of ether oxygens (including phenoxy) is 3. The van der Waals surface area contributed by atoms with Crippen LogP contribution in [-0.2, 0) is 15.2 Å². The summed E-state index contributed by atoms with van der Waals surface area (Å²) in [7, 11) is 0. The van der Waals surface area contributed by atoms with Gasteiger partial charge in [0.25, 0.3) is 5.91 Å². The number of rotatable bonds is 3. The molecule has 1 amide bonds. The highest BCUT2D eigenvalue weighted by atomic mass is 32.2. The third-order valence-electron chi connectivity index (χ3n) is 9.75. The van der Waals surface area contributed by atoms with E-state index in [9.17, 15) is 14.4 Å². The highest BCUT2D eigenvalue weighted by molar-refractivity contribution is 7.98. The second kappa shape index (κ2) is 10.1. The van der Waals surface area contributed by atoms with E-state index in [1.165, 1.54) is 12.1 Å². The fourth-order valence-corrected chi connectivity index (χ4v) is 9.12. The second-order valence-corrected chi connectivity index (χ2v) is 13.5. The summed E-state index contributed by atoms with van der Waals surface area (Å²) in [5, 5.41) is 2.04. The third-order valence-corrected chi connectivity index (χ3v) is 10.9. The minimum absolute atomic E-state index is 0.0416. The Morgan fingerprint density at radius 1 is 1.11 bits per heavy atom. The first kappa shape index (κ1) is 27.7. The predicted molar refractivity (Wildman–Crippen MR) is 160 cm³/mol. The lowest BCUT2D eigenvalue weighted by atomic mass is 9.71. The van der Waals surface area contributed by atoms with Crippen LogP contribution in [0.2, 0.25) is 0 Å². The number of fused-ring (bicyclic) bond motifs is 6. The number of nitrogens with zero attached hydrogens (tertiary/aromatic N) is 3. The zero-order chi connectivity index (χ0) is 30.3. The summed E-state index contributed by atoms with van der Waals surface area (Å²) in [5.41, 5.74) is 1.19. The van der Waals surface area contributed by atoms with Crippen molar-refractivity contribution in [2.45, 2.75) is 80.2 Å². The lowest BCUT2D eigenvalue weighted by Gasteiger charge is -2.57. The van der Waals surface area contributed by atoms with E-state index < -0.39 is 41.6 Å². The number of hydrogen-bond acceptors (Lipinski definition) is 8. The molecule has 3 fully saturated rings. The molecule has 5 aliphatic heterocycles. The van der Waals surface area contributed by atoms with Crippen molar-refractivity contribution in [1.82, 2.24) is 9.58 Å². The topological polar surface area (TPSA) is 90.3 Å². The molecule has 5 atom stereocenters. The van der Waals surface area contributed by atoms with Crippen LogP contribution in [-0.4, -0.2) is 52.2 Å². The number of aromatic nitrogens is 1. The Bertz CT molecular complexity index is 1760. The second-order valence-electron chi connectivity index (χ2n) is 12.5. The average Bonchev–Trinajstić information content (AvgIpc) is 3.53. The Hall–Kier alpha value is -3.83. The van der Waals surface area contributed by atoms with Crippen molar-refractivity contribution in [3.8, 4) is 5.75 Å². The van der Waals surface area contributed by atoms with Gasteiger partial charge in [0.2, 0.25) is 11.2 Å². The average molecular weight is 618 g/mol. The number of carbonyl (C=O) groups is 2. The number of benzene rings is 2. The quantitative estimate of drug-likeness (QED) is 0.363. The van der Waals surface area contributed by atoms with Crippen molar-refractivity contribution in [2.75, 3.05) is 11.6 Å². The molecule has 2 aromatic carbocycles. The van der Waals surface area contributed by atoms with Crippen LogP contribution in [0.3, 0.4) is 0 Å². The molecule has 6 heterocycles. The molecule has 2 bridgehead atoms. The molecule has 1 aromatic heterocycles. The van der Waals surface area contributed by atoms with Crippen LogP contribution in [0.15, 0.2) is 64.4 Å². The van der Waals surface area contributed by atoms with Crippen LogP contribution in [0, 0.1) is 11.7 Å². The zero-order valence-corrected chi connectivity index (χ0v) is 25.2. The molecular weight excluding hydrogens is 585 g/mol. The Morgan fingerprint density at radius 3 is 2.77 bits per heavy atom. The van der Waals surface area contributed by atoms with Crippen molar-refractivity contribution in [3.63, 3.8) is 0 Å². The van der Waals surface area contributed by atoms with Gasteiger partial charge in [0.15, 0.2) is 5.69 Å². The van der Waals surface area contributed by atoms with Gasteiger partial charge in [-0.25, -0.2) is 9.18 Å². The van der Waals surface area contributed by atoms with Crippen LogP contribution in [0.1, 0.15) is 72.8 Å². The molecular formula is C33H32FN3O6S. The molecule has 0 radical (unpaired) electrons. The van der Waals surface area contributed by atoms with Gasteiger partial charge >= 0.3 is 6.16 Å². The molecule has 3 aromatic rings. The van der Waals surface area contributed by atoms with Crippen LogP contribution >= 0.6 is 11.8 Å². The van der Waals surface area contributed by atoms with E-state index in [2.05, 4.69) is 0 Å². The smallest absolute Gasteiger partial charge is 0.431 e. The molecule has 228 valence electrons. The lowest BCUT2D eigenvalue weighted by Crippen LogP contribution is -2.70. The first-order chi connectivity index (χ1) is 21.3. The van der Waals surface area contributed by atoms with Gasteiger partial charge in [-0.2, -0.15) is 0 Å². The zero-order valence-electron chi connectivity index (χ0n) is 24.4. The molecule has 3 saturated heterocycles. The van der Waals surface area contributed by atoms with Gasteiger partial charge < -0.3 is 19.1 Å². The molecule has 0 unspecified atom stereocenters. The number of carbonyl (C=O) groups excluding carboxylic acids is 2. The normalized spacial score (nSPS) is 28.0. The molecule has 9 nitrogen and oxygen atoms in total. The van der Waals surface area contributed by atoms with E-state index in [4.69, 9.17) is 14.2 Å². The molecule has 11 heteroatoms. The van der Waals surface area contributed by atoms with Crippen molar-refractivity contribution in [3.05, 3.63) is 93.2 Å². The summed E-state index contributed by atoms with van der Waals surface area (Å²) >= 11 is 1.65. The Labute approximate surface area is 257 Å². The maximum Gasteiger partial charge on any atom is 0.514 e. The highest BCUT2D eigenvalue weighted by Crippen LogP contribution is 2.57. The molecule has 0 N–H and O–H groups in total. The van der Waals surface area contributed by atoms with Gasteiger partial charge in [-0.1, -0.05) is 30.3 Å². The van der Waals surface area contributed by atoms with E-state index >= 15 is 4.39 Å². The fraction of sp³-hybridized carbons (Fsp3) is 0.424. The van der Waals surface area contributed by atoms with Gasteiger partial charge in [-0.3, -0.25) is 19.3 Å². The molecule has 0 aliphatic carbocycles. The summed E-state index contributed by atoms with van der Waals surface area (Å²) in [5.74, 6) is -0.630. The van der Waals surface area contributed by atoms with Crippen LogP contribution in [0.25, 0.3) is 0 Å². The summed E-state index contributed by atoms with van der Waals surface area (Å²) in [6.07, 6.45) is 2.92. The highest BCUT2D eigenvalue weighted by Gasteiger charge is 2.63. The number of halogens is 1. The van der Waals surface area contributed by atoms with Gasteiger partial charge in [0.1, 0.15) is 18.0 Å². The molecule has 0 saturated carbocycles. The maximum absolute atomic E-state index is 16.2. The lowest BCUT2D eigenvalue weighted by molar-refractivity contribution is -0.0757. The van der Waals surface area contributed by atoms with Crippen LogP contribution in [0.4, 0.5) is 9.18 Å². The van der Waals surface area contributed by atoms with E-state index in [0.29, 0.717) is 24.3 Å². The van der Waals surface area contributed by atoms with E-state index in [1.807, 2.05) is 35.3 Å². The monoisotopic (exact) mass is 617 g/mol. The number of amides is 1. The Balaban J connectivity index is 1.40. The molecule has 44 heavy (non-hydrogen) atoms. The minimum Gasteiger partial charge on any atom is -0.431 e. The third kappa shape index (κ3) is 4.05. The van der Waals surface area contributed by atoms with E-state index in [-0.39, 0.29) is 29.1 Å². The van der Waals surface area contributed by atoms with Gasteiger partial charge in [-0.15, -0.1) is 11.8 Å².